The van der Waals surface area contributed by atoms with Crippen molar-refractivity contribution in [1.82, 2.24) is 14.9 Å². The highest BCUT2D eigenvalue weighted by Crippen LogP contribution is 2.26. The molecule has 120 valence electrons. The van der Waals surface area contributed by atoms with Crippen LogP contribution in [-0.4, -0.2) is 20.9 Å². The van der Waals surface area contributed by atoms with Crippen molar-refractivity contribution in [3.63, 3.8) is 0 Å². The van der Waals surface area contributed by atoms with Gasteiger partial charge < -0.3 is 4.42 Å². The Bertz CT molecular complexity index is 735. The maximum atomic E-state index is 5.85. The summed E-state index contributed by atoms with van der Waals surface area (Å²) in [4.78, 5) is 12.5. The molecule has 0 aliphatic heterocycles. The molecular formula is C18H21N3OS. The molecule has 0 N–H and O–H groups in total. The lowest BCUT2D eigenvalue weighted by Crippen LogP contribution is -2.30. The minimum Gasteiger partial charge on any atom is -0.440 e. The molecule has 0 aromatic carbocycles. The first-order valence-corrected chi connectivity index (χ1v) is 8.65. The highest BCUT2D eigenvalue weighted by atomic mass is 32.1. The molecule has 0 aliphatic carbocycles. The summed E-state index contributed by atoms with van der Waals surface area (Å²) < 4.78 is 5.85. The lowest BCUT2D eigenvalue weighted by Gasteiger charge is -2.25. The van der Waals surface area contributed by atoms with Crippen LogP contribution in [0, 0.1) is 6.92 Å². The number of aromatic nitrogens is 2. The number of hydrogen-bond donors (Lipinski definition) is 0. The van der Waals surface area contributed by atoms with E-state index in [0.717, 1.165) is 35.1 Å². The van der Waals surface area contributed by atoms with E-state index in [1.54, 1.807) is 11.3 Å². The highest BCUT2D eigenvalue weighted by molar-refractivity contribution is 7.13. The Morgan fingerprint density at radius 1 is 1.17 bits per heavy atom. The largest absolute Gasteiger partial charge is 0.440 e. The Balaban J connectivity index is 1.78. The normalized spacial score (nSPS) is 11.5. The number of rotatable bonds is 6. The summed E-state index contributed by atoms with van der Waals surface area (Å²) in [6.45, 7) is 7.93. The molecule has 0 aliphatic rings. The third-order valence-electron chi connectivity index (χ3n) is 3.80. The van der Waals surface area contributed by atoms with Crippen molar-refractivity contribution in [3.8, 4) is 10.8 Å². The molecule has 0 amide bonds. The summed E-state index contributed by atoms with van der Waals surface area (Å²) in [5, 5.41) is 2.04. The van der Waals surface area contributed by atoms with Gasteiger partial charge in [-0.3, -0.25) is 9.88 Å². The van der Waals surface area contributed by atoms with Gasteiger partial charge in [0, 0.05) is 25.3 Å². The van der Waals surface area contributed by atoms with Gasteiger partial charge in [0.25, 0.3) is 0 Å². The van der Waals surface area contributed by atoms with Gasteiger partial charge in [-0.05, 0) is 44.4 Å². The first kappa shape index (κ1) is 15.9. The second-order valence-corrected chi connectivity index (χ2v) is 6.77. The summed E-state index contributed by atoms with van der Waals surface area (Å²) in [5.41, 5.74) is 2.07. The third kappa shape index (κ3) is 3.86. The first-order valence-electron chi connectivity index (χ1n) is 7.77. The molecule has 3 aromatic heterocycles. The van der Waals surface area contributed by atoms with Gasteiger partial charge in [-0.2, -0.15) is 0 Å². The first-order chi connectivity index (χ1) is 11.1. The average Bonchev–Trinajstić information content (AvgIpc) is 3.18. The minimum atomic E-state index is 0.401. The summed E-state index contributed by atoms with van der Waals surface area (Å²) in [6.07, 6.45) is 1.84. The number of pyridine rings is 1. The molecule has 3 rings (SSSR count). The predicted molar refractivity (Wildman–Crippen MR) is 93.2 cm³/mol. The Morgan fingerprint density at radius 3 is 2.70 bits per heavy atom. The molecule has 5 heteroatoms. The van der Waals surface area contributed by atoms with Crippen LogP contribution < -0.4 is 0 Å². The van der Waals surface area contributed by atoms with E-state index in [-0.39, 0.29) is 0 Å². The molecule has 3 aromatic rings. The maximum absolute atomic E-state index is 5.85. The molecule has 0 fully saturated rings. The van der Waals surface area contributed by atoms with Crippen molar-refractivity contribution in [1.29, 1.82) is 0 Å². The van der Waals surface area contributed by atoms with Gasteiger partial charge in [-0.25, -0.2) is 4.98 Å². The summed E-state index contributed by atoms with van der Waals surface area (Å²) in [7, 11) is 0. The van der Waals surface area contributed by atoms with E-state index >= 15 is 0 Å². The lowest BCUT2D eigenvalue weighted by molar-refractivity contribution is 0.198. The summed E-state index contributed by atoms with van der Waals surface area (Å²) in [5.74, 6) is 1.61. The molecule has 0 radical (unpaired) electrons. The maximum Gasteiger partial charge on any atom is 0.236 e. The monoisotopic (exact) mass is 327 g/mol. The van der Waals surface area contributed by atoms with Crippen molar-refractivity contribution in [2.24, 2.45) is 0 Å². The van der Waals surface area contributed by atoms with Crippen LogP contribution in [-0.2, 0) is 13.1 Å². The van der Waals surface area contributed by atoms with E-state index in [1.165, 1.54) is 0 Å². The van der Waals surface area contributed by atoms with Gasteiger partial charge in [-0.1, -0.05) is 12.1 Å². The zero-order valence-electron chi connectivity index (χ0n) is 13.7. The van der Waals surface area contributed by atoms with Crippen LogP contribution in [0.25, 0.3) is 10.8 Å². The van der Waals surface area contributed by atoms with E-state index in [2.05, 4.69) is 29.8 Å². The van der Waals surface area contributed by atoms with Crippen LogP contribution in [0.15, 0.2) is 46.3 Å². The Morgan fingerprint density at radius 2 is 2.04 bits per heavy atom. The molecule has 3 heterocycles. The molecular weight excluding hydrogens is 306 g/mol. The smallest absolute Gasteiger partial charge is 0.236 e. The second kappa shape index (κ2) is 7.06. The molecule has 0 spiro atoms. The molecule has 0 bridgehead atoms. The number of thiophene rings is 1. The van der Waals surface area contributed by atoms with E-state index in [4.69, 9.17) is 9.40 Å². The van der Waals surface area contributed by atoms with Gasteiger partial charge >= 0.3 is 0 Å². The van der Waals surface area contributed by atoms with Crippen LogP contribution in [0.5, 0.6) is 0 Å². The number of aryl methyl sites for hydroxylation is 1. The van der Waals surface area contributed by atoms with Gasteiger partial charge in [0.2, 0.25) is 5.89 Å². The van der Waals surface area contributed by atoms with Crippen LogP contribution in [0.3, 0.4) is 0 Å². The summed E-state index contributed by atoms with van der Waals surface area (Å²) in [6, 6.07) is 10.5. The van der Waals surface area contributed by atoms with E-state index < -0.39 is 0 Å². The van der Waals surface area contributed by atoms with E-state index in [1.807, 2.05) is 42.8 Å². The number of oxazole rings is 1. The van der Waals surface area contributed by atoms with Crippen LogP contribution in [0.4, 0.5) is 0 Å². The van der Waals surface area contributed by atoms with Crippen molar-refractivity contribution in [2.45, 2.75) is 39.9 Å². The van der Waals surface area contributed by atoms with Crippen LogP contribution in [0.2, 0.25) is 0 Å². The van der Waals surface area contributed by atoms with Gasteiger partial charge in [0.1, 0.15) is 5.76 Å². The molecule has 0 atom stereocenters. The molecule has 0 saturated heterocycles. The highest BCUT2D eigenvalue weighted by Gasteiger charge is 2.18. The average molecular weight is 327 g/mol. The summed E-state index contributed by atoms with van der Waals surface area (Å²) >= 11 is 1.65. The fourth-order valence-corrected chi connectivity index (χ4v) is 3.04. The fraction of sp³-hybridized carbons (Fsp3) is 0.333. The van der Waals surface area contributed by atoms with E-state index in [0.29, 0.717) is 11.9 Å². The topological polar surface area (TPSA) is 42.2 Å². The van der Waals surface area contributed by atoms with Gasteiger partial charge in [0.15, 0.2) is 0 Å². The SMILES string of the molecule is Cc1oc(-c2cccs2)nc1CN(Cc1ccccn1)C(C)C. The molecule has 0 unspecified atom stereocenters. The second-order valence-electron chi connectivity index (χ2n) is 5.82. The number of nitrogens with zero attached hydrogens (tertiary/aromatic N) is 3. The van der Waals surface area contributed by atoms with Crippen molar-refractivity contribution in [3.05, 3.63) is 59.1 Å². The Kier molecular flexibility index (Phi) is 4.88. The zero-order valence-corrected chi connectivity index (χ0v) is 14.5. The number of hydrogen-bond acceptors (Lipinski definition) is 5. The molecule has 0 saturated carbocycles. The predicted octanol–water partition coefficient (Wildman–Crippen LogP) is 4.52. The third-order valence-corrected chi connectivity index (χ3v) is 4.66. The minimum absolute atomic E-state index is 0.401. The molecule has 4 nitrogen and oxygen atoms in total. The van der Waals surface area contributed by atoms with E-state index in [9.17, 15) is 0 Å². The van der Waals surface area contributed by atoms with Crippen LogP contribution >= 0.6 is 11.3 Å². The lowest BCUT2D eigenvalue weighted by atomic mass is 10.2. The van der Waals surface area contributed by atoms with Crippen molar-refractivity contribution >= 4 is 11.3 Å². The Labute approximate surface area is 140 Å². The van der Waals surface area contributed by atoms with Gasteiger partial charge in [-0.15, -0.1) is 11.3 Å². The molecule has 23 heavy (non-hydrogen) atoms. The standard InChI is InChI=1S/C18H21N3OS/c1-13(2)21(11-15-7-4-5-9-19-15)12-16-14(3)22-18(20-16)17-8-6-10-23-17/h4-10,13H,11-12H2,1-3H3. The quantitative estimate of drug-likeness (QED) is 0.667. The Hall–Kier alpha value is -1.98. The fourth-order valence-electron chi connectivity index (χ4n) is 2.39. The zero-order chi connectivity index (χ0) is 16.2. The van der Waals surface area contributed by atoms with Gasteiger partial charge in [0.05, 0.1) is 16.3 Å². The van der Waals surface area contributed by atoms with Crippen LogP contribution in [0.1, 0.15) is 31.0 Å². The van der Waals surface area contributed by atoms with Crippen molar-refractivity contribution < 1.29 is 4.42 Å². The van der Waals surface area contributed by atoms with Crippen molar-refractivity contribution in [2.75, 3.05) is 0 Å².